The number of hydrogen-bond donors (Lipinski definition) is 1. The molecule has 2 radical (unpaired) electrons. The van der Waals surface area contributed by atoms with Gasteiger partial charge in [-0.15, -0.1) is 0 Å². The first-order valence-corrected chi connectivity index (χ1v) is 5.46. The van der Waals surface area contributed by atoms with E-state index in [-0.39, 0.29) is 22.8 Å². The minimum Gasteiger partial charge on any atom is -0.560 e. The highest BCUT2D eigenvalue weighted by Gasteiger charge is 2.35. The van der Waals surface area contributed by atoms with Gasteiger partial charge in [-0.1, -0.05) is 0 Å². The zero-order valence-corrected chi connectivity index (χ0v) is 10.4. The fourth-order valence-corrected chi connectivity index (χ4v) is 1.49. The van der Waals surface area contributed by atoms with Gasteiger partial charge in [0.2, 0.25) is 5.82 Å². The van der Waals surface area contributed by atoms with Crippen molar-refractivity contribution >= 4 is 26.0 Å². The Bertz CT molecular complexity index is 677. The van der Waals surface area contributed by atoms with Crippen LogP contribution in [0, 0.1) is 0 Å². The average Bonchev–Trinajstić information content (AvgIpc) is 2.44. The van der Waals surface area contributed by atoms with Crippen LogP contribution in [0.1, 0.15) is 5.82 Å². The van der Waals surface area contributed by atoms with Crippen molar-refractivity contribution in [2.75, 3.05) is 5.73 Å². The van der Waals surface area contributed by atoms with Crippen molar-refractivity contribution < 1.29 is 17.8 Å². The van der Waals surface area contributed by atoms with E-state index in [2.05, 4.69) is 24.6 Å². The summed E-state index contributed by atoms with van der Waals surface area (Å²) in [7, 11) is 4.73. The number of pyridine rings is 1. The molecule has 6 nitrogen and oxygen atoms in total. The number of aromatic nitrogens is 3. The molecule has 2 aromatic heterocycles. The largest absolute Gasteiger partial charge is 0.560 e. The second-order valence-electron chi connectivity index (χ2n) is 3.77. The molecule has 2 rings (SSSR count). The number of anilines is 1. The SMILES string of the molecule is [B]OC=Nc1cc(-c2ccncc2N)nc(C(F)(F)F)n1. The predicted molar refractivity (Wildman–Crippen MR) is 69.7 cm³/mol. The van der Waals surface area contributed by atoms with E-state index < -0.39 is 12.0 Å². The molecule has 0 bridgehead atoms. The van der Waals surface area contributed by atoms with Crippen molar-refractivity contribution in [2.24, 2.45) is 4.99 Å². The second-order valence-corrected chi connectivity index (χ2v) is 3.77. The molecule has 0 atom stereocenters. The smallest absolute Gasteiger partial charge is 0.451 e. The van der Waals surface area contributed by atoms with Crippen molar-refractivity contribution in [1.29, 1.82) is 0 Å². The van der Waals surface area contributed by atoms with Gasteiger partial charge in [0.05, 0.1) is 17.6 Å². The van der Waals surface area contributed by atoms with Crippen LogP contribution in [0.15, 0.2) is 29.5 Å². The topological polar surface area (TPSA) is 86.3 Å². The summed E-state index contributed by atoms with van der Waals surface area (Å²) in [4.78, 5) is 14.0. The molecule has 0 aliphatic carbocycles. The number of nitrogens with zero attached hydrogens (tertiary/aromatic N) is 4. The summed E-state index contributed by atoms with van der Waals surface area (Å²) in [6.07, 6.45) is -1.29. The van der Waals surface area contributed by atoms with Gasteiger partial charge in [-0.25, -0.2) is 15.0 Å². The highest BCUT2D eigenvalue weighted by molar-refractivity contribution is 6.02. The van der Waals surface area contributed by atoms with Crippen LogP contribution in [-0.2, 0) is 10.8 Å². The Morgan fingerprint density at radius 1 is 1.33 bits per heavy atom. The Morgan fingerprint density at radius 3 is 2.71 bits per heavy atom. The second kappa shape index (κ2) is 5.77. The van der Waals surface area contributed by atoms with Crippen LogP contribution >= 0.6 is 0 Å². The minimum atomic E-state index is -4.73. The minimum absolute atomic E-state index is 0.0404. The fourth-order valence-electron chi connectivity index (χ4n) is 1.49. The van der Waals surface area contributed by atoms with Crippen LogP contribution in [0.25, 0.3) is 11.3 Å². The van der Waals surface area contributed by atoms with Crippen molar-refractivity contribution in [1.82, 2.24) is 15.0 Å². The Morgan fingerprint density at radius 2 is 2.10 bits per heavy atom. The van der Waals surface area contributed by atoms with Crippen LogP contribution in [0.4, 0.5) is 24.7 Å². The zero-order chi connectivity index (χ0) is 15.5. The molecule has 0 aliphatic rings. The van der Waals surface area contributed by atoms with E-state index in [1.54, 1.807) is 0 Å². The average molecular weight is 293 g/mol. The van der Waals surface area contributed by atoms with Gasteiger partial charge in [-0.3, -0.25) is 4.98 Å². The molecule has 106 valence electrons. The lowest BCUT2D eigenvalue weighted by atomic mass is 10.1. The van der Waals surface area contributed by atoms with Crippen LogP contribution in [0.3, 0.4) is 0 Å². The van der Waals surface area contributed by atoms with E-state index in [1.165, 1.54) is 24.5 Å². The lowest BCUT2D eigenvalue weighted by Crippen LogP contribution is -2.11. The third-order valence-corrected chi connectivity index (χ3v) is 2.34. The molecular weight excluding hydrogens is 286 g/mol. The first-order chi connectivity index (χ1) is 9.91. The van der Waals surface area contributed by atoms with Gasteiger partial charge in [-0.2, -0.15) is 13.2 Å². The molecule has 0 saturated heterocycles. The van der Waals surface area contributed by atoms with Crippen LogP contribution < -0.4 is 5.73 Å². The fraction of sp³-hybridized carbons (Fsp3) is 0.0909. The maximum atomic E-state index is 12.8. The quantitative estimate of drug-likeness (QED) is 0.530. The third kappa shape index (κ3) is 3.47. The molecule has 0 spiro atoms. The highest BCUT2D eigenvalue weighted by Crippen LogP contribution is 2.31. The Labute approximate surface area is 118 Å². The van der Waals surface area contributed by atoms with Crippen LogP contribution in [0.2, 0.25) is 0 Å². The zero-order valence-electron chi connectivity index (χ0n) is 10.4. The number of halogens is 3. The van der Waals surface area contributed by atoms with Gasteiger partial charge in [0.1, 0.15) is 0 Å². The highest BCUT2D eigenvalue weighted by atomic mass is 19.4. The molecule has 0 aromatic carbocycles. The van der Waals surface area contributed by atoms with E-state index in [4.69, 9.17) is 13.8 Å². The van der Waals surface area contributed by atoms with E-state index in [0.717, 1.165) is 6.40 Å². The number of nitrogen functional groups attached to an aromatic ring is 1. The molecular formula is C11H7BF3N5O. The van der Waals surface area contributed by atoms with Crippen LogP contribution in [0.5, 0.6) is 0 Å². The molecule has 10 heteroatoms. The molecule has 2 N–H and O–H groups in total. The number of hydrogen-bond acceptors (Lipinski definition) is 6. The summed E-state index contributed by atoms with van der Waals surface area (Å²) in [6.45, 7) is 0. The summed E-state index contributed by atoms with van der Waals surface area (Å²) < 4.78 is 42.5. The maximum absolute atomic E-state index is 12.8. The summed E-state index contributed by atoms with van der Waals surface area (Å²) in [5, 5.41) is 0. The lowest BCUT2D eigenvalue weighted by molar-refractivity contribution is -0.144. The van der Waals surface area contributed by atoms with Gasteiger partial charge in [0.25, 0.3) is 0 Å². The number of alkyl halides is 3. The third-order valence-electron chi connectivity index (χ3n) is 2.34. The maximum Gasteiger partial charge on any atom is 0.451 e. The summed E-state index contributed by atoms with van der Waals surface area (Å²) in [6, 6.07) is 2.65. The van der Waals surface area contributed by atoms with Gasteiger partial charge in [-0.05, 0) is 6.07 Å². The van der Waals surface area contributed by atoms with E-state index in [0.29, 0.717) is 0 Å². The number of nitrogens with two attached hydrogens (primary N) is 1. The molecule has 0 aliphatic heterocycles. The standard InChI is InChI=1S/C11H7BF3N5O/c12-21-5-18-9-3-8(6-1-2-17-4-7(6)16)19-10(20-9)11(13,14)15/h1-5H,16H2. The predicted octanol–water partition coefficient (Wildman–Crippen LogP) is 1.90. The molecule has 0 saturated carbocycles. The number of rotatable bonds is 3. The normalized spacial score (nSPS) is 11.8. The molecule has 0 fully saturated rings. The number of aliphatic imine (C=N–C) groups is 1. The molecule has 2 heterocycles. The van der Waals surface area contributed by atoms with Crippen LogP contribution in [-0.4, -0.2) is 29.4 Å². The summed E-state index contributed by atoms with van der Waals surface area (Å²) in [5.74, 6) is -1.62. The Kier molecular flexibility index (Phi) is 4.06. The molecule has 0 unspecified atom stereocenters. The van der Waals surface area contributed by atoms with Crippen molar-refractivity contribution in [3.05, 3.63) is 30.4 Å². The van der Waals surface area contributed by atoms with Crippen molar-refractivity contribution in [3.63, 3.8) is 0 Å². The first-order valence-electron chi connectivity index (χ1n) is 5.46. The van der Waals surface area contributed by atoms with Gasteiger partial charge in [0.15, 0.2) is 12.2 Å². The van der Waals surface area contributed by atoms with Gasteiger partial charge in [0, 0.05) is 17.8 Å². The van der Waals surface area contributed by atoms with Crippen molar-refractivity contribution in [3.8, 4) is 11.3 Å². The monoisotopic (exact) mass is 293 g/mol. The van der Waals surface area contributed by atoms with E-state index in [1.807, 2.05) is 0 Å². The Balaban J connectivity index is 2.60. The van der Waals surface area contributed by atoms with E-state index in [9.17, 15) is 13.2 Å². The van der Waals surface area contributed by atoms with Gasteiger partial charge >= 0.3 is 14.2 Å². The molecule has 21 heavy (non-hydrogen) atoms. The summed E-state index contributed by atoms with van der Waals surface area (Å²) in [5.41, 5.74) is 6.09. The lowest BCUT2D eigenvalue weighted by Gasteiger charge is -2.09. The first kappa shape index (κ1) is 14.8. The molecule has 2 aromatic rings. The van der Waals surface area contributed by atoms with Gasteiger partial charge < -0.3 is 10.4 Å². The Hall–Kier alpha value is -2.65. The van der Waals surface area contributed by atoms with Crippen molar-refractivity contribution in [2.45, 2.75) is 6.18 Å². The molecule has 0 amide bonds. The summed E-state index contributed by atoms with van der Waals surface area (Å²) >= 11 is 0. The van der Waals surface area contributed by atoms with E-state index >= 15 is 0 Å².